The van der Waals surface area contributed by atoms with Crippen molar-refractivity contribution in [1.82, 2.24) is 10.2 Å². The highest BCUT2D eigenvalue weighted by molar-refractivity contribution is 5.81. The second kappa shape index (κ2) is 7.07. The highest BCUT2D eigenvalue weighted by Crippen LogP contribution is 2.15. The van der Waals surface area contributed by atoms with Gasteiger partial charge in [0.1, 0.15) is 0 Å². The summed E-state index contributed by atoms with van der Waals surface area (Å²) in [5.74, 6) is 0.502. The lowest BCUT2D eigenvalue weighted by Gasteiger charge is -2.40. The van der Waals surface area contributed by atoms with Crippen LogP contribution in [0.2, 0.25) is 0 Å². The first-order valence-electron chi connectivity index (χ1n) is 6.71. The Hall–Kier alpha value is -0.650. The molecule has 106 valence electrons. The number of hydrogen-bond donors (Lipinski definition) is 2. The standard InChI is InChI=1S/C13H26N2O3/c1-9(2)5-14-13(17)11(4)15-6-12(7-16)18-8-10(15)3/h9-12,16H,5-8H2,1-4H3,(H,14,17). The van der Waals surface area contributed by atoms with Gasteiger partial charge < -0.3 is 15.2 Å². The Kier molecular flexibility index (Phi) is 6.05. The van der Waals surface area contributed by atoms with E-state index in [1.165, 1.54) is 0 Å². The molecule has 5 heteroatoms. The third-order valence-electron chi connectivity index (χ3n) is 3.32. The van der Waals surface area contributed by atoms with E-state index in [9.17, 15) is 4.79 Å². The van der Waals surface area contributed by atoms with Gasteiger partial charge in [-0.05, 0) is 19.8 Å². The summed E-state index contributed by atoms with van der Waals surface area (Å²) in [7, 11) is 0. The third-order valence-corrected chi connectivity index (χ3v) is 3.32. The first kappa shape index (κ1) is 15.4. The van der Waals surface area contributed by atoms with E-state index < -0.39 is 0 Å². The number of aliphatic hydroxyl groups is 1. The molecule has 0 aromatic rings. The first-order valence-corrected chi connectivity index (χ1v) is 6.71. The molecule has 0 aromatic heterocycles. The number of carbonyl (C=O) groups is 1. The lowest BCUT2D eigenvalue weighted by molar-refractivity contribution is -0.134. The number of rotatable bonds is 5. The van der Waals surface area contributed by atoms with E-state index in [1.54, 1.807) is 0 Å². The van der Waals surface area contributed by atoms with Gasteiger partial charge in [-0.2, -0.15) is 0 Å². The maximum atomic E-state index is 12.0. The molecule has 1 fully saturated rings. The second-order valence-electron chi connectivity index (χ2n) is 5.50. The molecule has 3 unspecified atom stereocenters. The van der Waals surface area contributed by atoms with Gasteiger partial charge in [0.05, 0.1) is 25.4 Å². The van der Waals surface area contributed by atoms with Crippen molar-refractivity contribution in [3.05, 3.63) is 0 Å². The number of amides is 1. The SMILES string of the molecule is CC(C)CNC(=O)C(C)N1CC(CO)OCC1C. The van der Waals surface area contributed by atoms with Gasteiger partial charge in [-0.25, -0.2) is 0 Å². The van der Waals surface area contributed by atoms with E-state index in [4.69, 9.17) is 9.84 Å². The van der Waals surface area contributed by atoms with Crippen LogP contribution in [0.1, 0.15) is 27.7 Å². The smallest absolute Gasteiger partial charge is 0.237 e. The highest BCUT2D eigenvalue weighted by atomic mass is 16.5. The van der Waals surface area contributed by atoms with Crippen LogP contribution < -0.4 is 5.32 Å². The summed E-state index contributed by atoms with van der Waals surface area (Å²) < 4.78 is 5.47. The topological polar surface area (TPSA) is 61.8 Å². The molecule has 2 N–H and O–H groups in total. The molecule has 1 rings (SSSR count). The van der Waals surface area contributed by atoms with Crippen molar-refractivity contribution in [3.8, 4) is 0 Å². The van der Waals surface area contributed by atoms with Crippen LogP contribution in [0.4, 0.5) is 0 Å². The summed E-state index contributed by atoms with van der Waals surface area (Å²) in [4.78, 5) is 14.1. The molecule has 1 amide bonds. The van der Waals surface area contributed by atoms with E-state index in [-0.39, 0.29) is 30.7 Å². The van der Waals surface area contributed by atoms with Crippen molar-refractivity contribution >= 4 is 5.91 Å². The summed E-state index contributed by atoms with van der Waals surface area (Å²) in [5, 5.41) is 12.1. The predicted octanol–water partition coefficient (Wildman–Crippen LogP) is 0.229. The number of aliphatic hydroxyl groups excluding tert-OH is 1. The van der Waals surface area contributed by atoms with E-state index >= 15 is 0 Å². The Morgan fingerprint density at radius 1 is 1.50 bits per heavy atom. The predicted molar refractivity (Wildman–Crippen MR) is 70.3 cm³/mol. The quantitative estimate of drug-likeness (QED) is 0.741. The van der Waals surface area contributed by atoms with Crippen LogP contribution in [-0.4, -0.2) is 60.4 Å². The molecule has 1 saturated heterocycles. The Morgan fingerprint density at radius 2 is 2.17 bits per heavy atom. The number of nitrogens with zero attached hydrogens (tertiary/aromatic N) is 1. The van der Waals surface area contributed by atoms with E-state index in [1.807, 2.05) is 13.8 Å². The van der Waals surface area contributed by atoms with Gasteiger partial charge in [-0.1, -0.05) is 13.8 Å². The molecule has 0 spiro atoms. The van der Waals surface area contributed by atoms with Gasteiger partial charge in [-0.3, -0.25) is 9.69 Å². The Labute approximate surface area is 109 Å². The zero-order valence-corrected chi connectivity index (χ0v) is 11.8. The van der Waals surface area contributed by atoms with Gasteiger partial charge >= 0.3 is 0 Å². The fourth-order valence-corrected chi connectivity index (χ4v) is 2.09. The molecule has 1 heterocycles. The van der Waals surface area contributed by atoms with Crippen LogP contribution in [0.15, 0.2) is 0 Å². The maximum absolute atomic E-state index is 12.0. The summed E-state index contributed by atoms with van der Waals surface area (Å²) in [6, 6.07) is 0.0179. The van der Waals surface area contributed by atoms with Crippen LogP contribution >= 0.6 is 0 Å². The van der Waals surface area contributed by atoms with Crippen molar-refractivity contribution in [2.75, 3.05) is 26.3 Å². The van der Waals surface area contributed by atoms with Crippen molar-refractivity contribution in [1.29, 1.82) is 0 Å². The van der Waals surface area contributed by atoms with Crippen molar-refractivity contribution in [3.63, 3.8) is 0 Å². The molecule has 1 aliphatic heterocycles. The zero-order valence-electron chi connectivity index (χ0n) is 11.8. The Bertz CT molecular complexity index is 271. The number of nitrogens with one attached hydrogen (secondary N) is 1. The van der Waals surface area contributed by atoms with Crippen LogP contribution in [0.3, 0.4) is 0 Å². The van der Waals surface area contributed by atoms with E-state index in [2.05, 4.69) is 24.1 Å². The Balaban J connectivity index is 2.52. The van der Waals surface area contributed by atoms with Crippen molar-refractivity contribution < 1.29 is 14.6 Å². The molecule has 5 nitrogen and oxygen atoms in total. The number of ether oxygens (including phenoxy) is 1. The molecule has 18 heavy (non-hydrogen) atoms. The molecule has 3 atom stereocenters. The Morgan fingerprint density at radius 3 is 2.72 bits per heavy atom. The normalized spacial score (nSPS) is 27.2. The van der Waals surface area contributed by atoms with Gasteiger partial charge in [0.25, 0.3) is 0 Å². The molecule has 0 saturated carbocycles. The molecule has 0 radical (unpaired) electrons. The van der Waals surface area contributed by atoms with Gasteiger partial charge in [0.2, 0.25) is 5.91 Å². The second-order valence-corrected chi connectivity index (χ2v) is 5.50. The number of morpholine rings is 1. The summed E-state index contributed by atoms with van der Waals surface area (Å²) in [6.07, 6.45) is -0.179. The first-order chi connectivity index (χ1) is 8.45. The molecule has 1 aliphatic rings. The van der Waals surface area contributed by atoms with Crippen LogP contribution in [0.5, 0.6) is 0 Å². The monoisotopic (exact) mass is 258 g/mol. The van der Waals surface area contributed by atoms with E-state index in [0.29, 0.717) is 25.6 Å². The van der Waals surface area contributed by atoms with Crippen LogP contribution in [0.25, 0.3) is 0 Å². The average molecular weight is 258 g/mol. The highest BCUT2D eigenvalue weighted by Gasteiger charge is 2.32. The fraction of sp³-hybridized carbons (Fsp3) is 0.923. The third kappa shape index (κ3) is 4.23. The van der Waals surface area contributed by atoms with Gasteiger partial charge in [0, 0.05) is 19.1 Å². The van der Waals surface area contributed by atoms with Crippen LogP contribution in [-0.2, 0) is 9.53 Å². The minimum absolute atomic E-state index is 0.00352. The van der Waals surface area contributed by atoms with E-state index in [0.717, 1.165) is 0 Å². The zero-order chi connectivity index (χ0) is 13.7. The van der Waals surface area contributed by atoms with Gasteiger partial charge in [-0.15, -0.1) is 0 Å². The summed E-state index contributed by atoms with van der Waals surface area (Å²) >= 11 is 0. The minimum atomic E-state index is -0.184. The maximum Gasteiger partial charge on any atom is 0.237 e. The fourth-order valence-electron chi connectivity index (χ4n) is 2.09. The molecular weight excluding hydrogens is 232 g/mol. The lowest BCUT2D eigenvalue weighted by Crippen LogP contribution is -2.57. The summed E-state index contributed by atoms with van der Waals surface area (Å²) in [6.45, 7) is 9.97. The molecular formula is C13H26N2O3. The lowest BCUT2D eigenvalue weighted by atomic mass is 10.1. The minimum Gasteiger partial charge on any atom is -0.394 e. The summed E-state index contributed by atoms with van der Waals surface area (Å²) in [5.41, 5.74) is 0. The number of hydrogen-bond acceptors (Lipinski definition) is 4. The van der Waals surface area contributed by atoms with Gasteiger partial charge in [0.15, 0.2) is 0 Å². The van der Waals surface area contributed by atoms with Crippen LogP contribution in [0, 0.1) is 5.92 Å². The molecule has 0 aromatic carbocycles. The average Bonchev–Trinajstić information content (AvgIpc) is 2.35. The van der Waals surface area contributed by atoms with Crippen molar-refractivity contribution in [2.24, 2.45) is 5.92 Å². The molecule has 0 aliphatic carbocycles. The molecule has 0 bridgehead atoms. The van der Waals surface area contributed by atoms with Crippen molar-refractivity contribution in [2.45, 2.75) is 45.9 Å². The largest absolute Gasteiger partial charge is 0.394 e. The number of carbonyl (C=O) groups excluding carboxylic acids is 1.